The van der Waals surface area contributed by atoms with Crippen molar-refractivity contribution in [3.63, 3.8) is 0 Å². The van der Waals surface area contributed by atoms with Crippen molar-refractivity contribution in [3.05, 3.63) is 28.2 Å². The number of amides is 1. The molecular formula is C17H22BrNO4. The molecule has 1 aromatic carbocycles. The van der Waals surface area contributed by atoms with Crippen LogP contribution in [0.25, 0.3) is 0 Å². The molecule has 1 heterocycles. The summed E-state index contributed by atoms with van der Waals surface area (Å²) in [6.07, 6.45) is 0.451. The molecule has 0 aromatic heterocycles. The van der Waals surface area contributed by atoms with Gasteiger partial charge in [0.1, 0.15) is 5.75 Å². The number of carbonyl (C=O) groups excluding carboxylic acids is 1. The zero-order chi connectivity index (χ0) is 17.1. The SMILES string of the molecule is CC(C)Oc1cc(Br)ccc1C(=O)N1CCC(C(=O)O)C(C)C1. The normalized spacial score (nSPS) is 21.3. The second-order valence-electron chi connectivity index (χ2n) is 6.27. The van der Waals surface area contributed by atoms with Crippen LogP contribution in [0, 0.1) is 11.8 Å². The molecule has 6 heteroatoms. The summed E-state index contributed by atoms with van der Waals surface area (Å²) in [6, 6.07) is 5.35. The van der Waals surface area contributed by atoms with Crippen LogP contribution >= 0.6 is 15.9 Å². The van der Waals surface area contributed by atoms with E-state index < -0.39 is 5.97 Å². The van der Waals surface area contributed by atoms with Gasteiger partial charge < -0.3 is 14.7 Å². The highest BCUT2D eigenvalue weighted by molar-refractivity contribution is 9.10. The Bertz CT molecular complexity index is 602. The Morgan fingerprint density at radius 3 is 2.65 bits per heavy atom. The first-order valence-electron chi connectivity index (χ1n) is 7.78. The van der Waals surface area contributed by atoms with E-state index in [-0.39, 0.29) is 23.8 Å². The molecule has 0 radical (unpaired) electrons. The van der Waals surface area contributed by atoms with Crippen LogP contribution in [0.3, 0.4) is 0 Å². The number of nitrogens with zero attached hydrogens (tertiary/aromatic N) is 1. The minimum atomic E-state index is -0.780. The fourth-order valence-corrected chi connectivity index (χ4v) is 3.23. The molecule has 1 aromatic rings. The Labute approximate surface area is 144 Å². The molecular weight excluding hydrogens is 362 g/mol. The Hall–Kier alpha value is -1.56. The number of rotatable bonds is 4. The number of ether oxygens (including phenoxy) is 1. The molecule has 0 saturated carbocycles. The summed E-state index contributed by atoms with van der Waals surface area (Å²) in [4.78, 5) is 25.7. The molecule has 0 aliphatic carbocycles. The number of hydrogen-bond acceptors (Lipinski definition) is 3. The Morgan fingerprint density at radius 1 is 1.39 bits per heavy atom. The van der Waals surface area contributed by atoms with Crippen LogP contribution in [0.1, 0.15) is 37.6 Å². The second-order valence-corrected chi connectivity index (χ2v) is 7.18. The Morgan fingerprint density at radius 2 is 2.09 bits per heavy atom. The molecule has 1 aliphatic rings. The highest BCUT2D eigenvalue weighted by atomic mass is 79.9. The van der Waals surface area contributed by atoms with Crippen molar-refractivity contribution in [2.45, 2.75) is 33.3 Å². The standard InChI is InChI=1S/C17H22BrNO4/c1-10(2)23-15-8-12(18)4-5-14(15)16(20)19-7-6-13(17(21)22)11(3)9-19/h4-5,8,10-11,13H,6-7,9H2,1-3H3,(H,21,22). The smallest absolute Gasteiger partial charge is 0.306 e. The molecule has 1 saturated heterocycles. The van der Waals surface area contributed by atoms with Crippen LogP contribution in [0.5, 0.6) is 5.75 Å². The summed E-state index contributed by atoms with van der Waals surface area (Å²) < 4.78 is 6.60. The monoisotopic (exact) mass is 383 g/mol. The maximum absolute atomic E-state index is 12.8. The van der Waals surface area contributed by atoms with Crippen molar-refractivity contribution in [1.29, 1.82) is 0 Å². The van der Waals surface area contributed by atoms with Gasteiger partial charge in [0, 0.05) is 17.6 Å². The number of aliphatic carboxylic acids is 1. The van der Waals surface area contributed by atoms with E-state index in [1.807, 2.05) is 26.8 Å². The second kappa shape index (κ2) is 7.34. The molecule has 5 nitrogen and oxygen atoms in total. The predicted octanol–water partition coefficient (Wildman–Crippen LogP) is 3.42. The van der Waals surface area contributed by atoms with E-state index in [9.17, 15) is 14.7 Å². The van der Waals surface area contributed by atoms with E-state index >= 15 is 0 Å². The van der Waals surface area contributed by atoms with E-state index in [0.717, 1.165) is 4.47 Å². The summed E-state index contributed by atoms with van der Waals surface area (Å²) in [6.45, 7) is 6.61. The largest absolute Gasteiger partial charge is 0.490 e. The number of carboxylic acid groups (broad SMARTS) is 1. The van der Waals surface area contributed by atoms with Crippen LogP contribution in [0.15, 0.2) is 22.7 Å². The zero-order valence-corrected chi connectivity index (χ0v) is 15.2. The minimum Gasteiger partial charge on any atom is -0.490 e. The summed E-state index contributed by atoms with van der Waals surface area (Å²) >= 11 is 3.39. The Balaban J connectivity index is 2.19. The number of benzene rings is 1. The summed E-state index contributed by atoms with van der Waals surface area (Å²) in [7, 11) is 0. The lowest BCUT2D eigenvalue weighted by Crippen LogP contribution is -2.45. The van der Waals surface area contributed by atoms with Crippen LogP contribution < -0.4 is 4.74 Å². The van der Waals surface area contributed by atoms with E-state index in [0.29, 0.717) is 30.8 Å². The zero-order valence-electron chi connectivity index (χ0n) is 13.6. The van der Waals surface area contributed by atoms with E-state index in [4.69, 9.17) is 4.74 Å². The van der Waals surface area contributed by atoms with Gasteiger partial charge in [-0.25, -0.2) is 0 Å². The lowest BCUT2D eigenvalue weighted by molar-refractivity contribution is -0.145. The van der Waals surface area contributed by atoms with Gasteiger partial charge in [0.05, 0.1) is 17.6 Å². The third kappa shape index (κ3) is 4.25. The first-order valence-corrected chi connectivity index (χ1v) is 8.57. The lowest BCUT2D eigenvalue weighted by Gasteiger charge is -2.35. The first kappa shape index (κ1) is 17.8. The minimum absolute atomic E-state index is 0.0347. The summed E-state index contributed by atoms with van der Waals surface area (Å²) in [5.74, 6) is -0.779. The van der Waals surface area contributed by atoms with Gasteiger partial charge in [0.25, 0.3) is 5.91 Å². The molecule has 2 rings (SSSR count). The van der Waals surface area contributed by atoms with E-state index in [2.05, 4.69) is 15.9 Å². The molecule has 1 amide bonds. The van der Waals surface area contributed by atoms with Gasteiger partial charge in [-0.3, -0.25) is 9.59 Å². The van der Waals surface area contributed by atoms with Crippen molar-refractivity contribution in [3.8, 4) is 5.75 Å². The van der Waals surface area contributed by atoms with Gasteiger partial charge in [-0.2, -0.15) is 0 Å². The van der Waals surface area contributed by atoms with Gasteiger partial charge in [0.2, 0.25) is 0 Å². The third-order valence-electron chi connectivity index (χ3n) is 4.05. The highest BCUT2D eigenvalue weighted by Crippen LogP contribution is 2.29. The Kier molecular flexibility index (Phi) is 5.68. The number of carbonyl (C=O) groups is 2. The van der Waals surface area contributed by atoms with E-state index in [1.165, 1.54) is 0 Å². The van der Waals surface area contributed by atoms with Crippen LogP contribution in [0.2, 0.25) is 0 Å². The molecule has 1 N–H and O–H groups in total. The third-order valence-corrected chi connectivity index (χ3v) is 4.54. The molecule has 2 atom stereocenters. The maximum Gasteiger partial charge on any atom is 0.306 e. The number of piperidine rings is 1. The van der Waals surface area contributed by atoms with E-state index in [1.54, 1.807) is 17.0 Å². The fourth-order valence-electron chi connectivity index (χ4n) is 2.89. The van der Waals surface area contributed by atoms with Gasteiger partial charge >= 0.3 is 5.97 Å². The number of likely N-dealkylation sites (tertiary alicyclic amines) is 1. The quantitative estimate of drug-likeness (QED) is 0.864. The molecule has 126 valence electrons. The van der Waals surface area contributed by atoms with Crippen molar-refractivity contribution < 1.29 is 19.4 Å². The molecule has 0 bridgehead atoms. The fraction of sp³-hybridized carbons (Fsp3) is 0.529. The lowest BCUT2D eigenvalue weighted by atomic mass is 9.87. The van der Waals surface area contributed by atoms with Gasteiger partial charge in [-0.15, -0.1) is 0 Å². The summed E-state index contributed by atoms with van der Waals surface area (Å²) in [5.41, 5.74) is 0.517. The highest BCUT2D eigenvalue weighted by Gasteiger charge is 2.34. The van der Waals surface area contributed by atoms with Gasteiger partial charge in [-0.05, 0) is 44.4 Å². The van der Waals surface area contributed by atoms with Crippen LogP contribution in [-0.2, 0) is 4.79 Å². The van der Waals surface area contributed by atoms with Crippen LogP contribution in [0.4, 0.5) is 0 Å². The number of carboxylic acids is 1. The van der Waals surface area contributed by atoms with Crippen LogP contribution in [-0.4, -0.2) is 41.1 Å². The topological polar surface area (TPSA) is 66.8 Å². The number of hydrogen-bond donors (Lipinski definition) is 1. The average Bonchev–Trinajstić information content (AvgIpc) is 2.45. The molecule has 1 fully saturated rings. The molecule has 23 heavy (non-hydrogen) atoms. The predicted molar refractivity (Wildman–Crippen MR) is 90.7 cm³/mol. The van der Waals surface area contributed by atoms with Crippen molar-refractivity contribution in [2.75, 3.05) is 13.1 Å². The number of halogens is 1. The maximum atomic E-state index is 12.8. The van der Waals surface area contributed by atoms with Crippen molar-refractivity contribution >= 4 is 27.8 Å². The molecule has 0 spiro atoms. The molecule has 1 aliphatic heterocycles. The van der Waals surface area contributed by atoms with Gasteiger partial charge in [0.15, 0.2) is 0 Å². The summed E-state index contributed by atoms with van der Waals surface area (Å²) in [5, 5.41) is 9.20. The average molecular weight is 384 g/mol. The first-order chi connectivity index (χ1) is 10.8. The van der Waals surface area contributed by atoms with Crippen molar-refractivity contribution in [1.82, 2.24) is 4.90 Å². The van der Waals surface area contributed by atoms with Gasteiger partial charge in [-0.1, -0.05) is 22.9 Å². The molecule has 2 unspecified atom stereocenters. The van der Waals surface area contributed by atoms with Crippen molar-refractivity contribution in [2.24, 2.45) is 11.8 Å².